The summed E-state index contributed by atoms with van der Waals surface area (Å²) in [6.45, 7) is 3.57. The summed E-state index contributed by atoms with van der Waals surface area (Å²) in [4.78, 5) is 24.1. The van der Waals surface area contributed by atoms with E-state index in [4.69, 9.17) is 14.2 Å². The maximum absolute atomic E-state index is 14.3. The lowest BCUT2D eigenvalue weighted by Crippen LogP contribution is -2.38. The first-order valence-corrected chi connectivity index (χ1v) is 9.81. The van der Waals surface area contributed by atoms with Crippen LogP contribution in [0.2, 0.25) is 0 Å². The second-order valence-electron chi connectivity index (χ2n) is 7.54. The Labute approximate surface area is 169 Å². The van der Waals surface area contributed by atoms with E-state index in [1.54, 1.807) is 30.3 Å². The smallest absolute Gasteiger partial charge is 0.349 e. The van der Waals surface area contributed by atoms with Gasteiger partial charge in [-0.2, -0.15) is 0 Å². The van der Waals surface area contributed by atoms with Crippen LogP contribution in [0.5, 0.6) is 11.5 Å². The molecule has 3 rings (SSSR count). The Balaban J connectivity index is 1.64. The van der Waals surface area contributed by atoms with Crippen molar-refractivity contribution < 1.29 is 28.2 Å². The van der Waals surface area contributed by atoms with Crippen molar-refractivity contribution in [2.24, 2.45) is 5.92 Å². The van der Waals surface area contributed by atoms with Gasteiger partial charge in [-0.15, -0.1) is 0 Å². The highest BCUT2D eigenvalue weighted by atomic mass is 19.1. The summed E-state index contributed by atoms with van der Waals surface area (Å²) in [5.41, 5.74) is -0.311. The molecule has 5 nitrogen and oxygen atoms in total. The van der Waals surface area contributed by atoms with E-state index >= 15 is 0 Å². The number of hydrogen-bond donors (Lipinski definition) is 0. The molecule has 0 unspecified atom stereocenters. The number of carbonyl (C=O) groups excluding carboxylic acids is 2. The molecule has 0 aromatic heterocycles. The molecule has 0 N–H and O–H groups in total. The van der Waals surface area contributed by atoms with E-state index in [9.17, 15) is 14.0 Å². The first-order chi connectivity index (χ1) is 13.9. The first kappa shape index (κ1) is 20.8. The molecule has 1 aliphatic carbocycles. The number of hydrogen-bond acceptors (Lipinski definition) is 5. The molecule has 2 aromatic rings. The third-order valence-electron chi connectivity index (χ3n) is 5.28. The zero-order valence-electron chi connectivity index (χ0n) is 16.7. The van der Waals surface area contributed by atoms with Crippen molar-refractivity contribution in [1.82, 2.24) is 0 Å². The number of ether oxygens (including phenoxy) is 3. The number of para-hydroxylation sites is 1. The van der Waals surface area contributed by atoms with Crippen LogP contribution in [-0.4, -0.2) is 24.1 Å². The average molecular weight is 400 g/mol. The van der Waals surface area contributed by atoms with Gasteiger partial charge in [-0.25, -0.2) is 14.0 Å². The summed E-state index contributed by atoms with van der Waals surface area (Å²) in [5, 5.41) is 0. The highest BCUT2D eigenvalue weighted by molar-refractivity contribution is 5.91. The molecule has 0 atom stereocenters. The first-order valence-electron chi connectivity index (χ1n) is 9.81. The monoisotopic (exact) mass is 400 g/mol. The topological polar surface area (TPSA) is 61.8 Å². The third kappa shape index (κ3) is 5.13. The van der Waals surface area contributed by atoms with Crippen molar-refractivity contribution in [2.75, 3.05) is 6.61 Å². The molecule has 154 valence electrons. The number of carbonyl (C=O) groups is 2. The molecule has 29 heavy (non-hydrogen) atoms. The van der Waals surface area contributed by atoms with Gasteiger partial charge in [0.05, 0.1) is 5.56 Å². The molecule has 0 heterocycles. The van der Waals surface area contributed by atoms with Crippen LogP contribution in [0, 0.1) is 11.7 Å². The summed E-state index contributed by atoms with van der Waals surface area (Å²) >= 11 is 0. The van der Waals surface area contributed by atoms with Crippen LogP contribution in [-0.2, 0) is 9.53 Å². The normalized spacial score (nSPS) is 15.2. The fourth-order valence-corrected chi connectivity index (χ4v) is 3.56. The highest BCUT2D eigenvalue weighted by Gasteiger charge is 2.39. The van der Waals surface area contributed by atoms with Crippen LogP contribution in [0.1, 0.15) is 49.9 Å². The number of benzene rings is 2. The maximum Gasteiger partial charge on any atom is 0.349 e. The molecular weight excluding hydrogens is 375 g/mol. The molecule has 1 fully saturated rings. The second kappa shape index (κ2) is 9.07. The Morgan fingerprint density at radius 2 is 1.76 bits per heavy atom. The van der Waals surface area contributed by atoms with Gasteiger partial charge in [0.15, 0.2) is 18.2 Å². The molecule has 0 radical (unpaired) electrons. The summed E-state index contributed by atoms with van der Waals surface area (Å²) in [7, 11) is 0. The number of esters is 2. The van der Waals surface area contributed by atoms with Gasteiger partial charge in [-0.3, -0.25) is 0 Å². The SMILES string of the molecule is CC(C)C1(Oc2cc(C(=O)OCC(=O)Oc3ccccc3)ccc2F)CCCC1. The van der Waals surface area contributed by atoms with Gasteiger partial charge in [0.1, 0.15) is 11.4 Å². The Morgan fingerprint density at radius 1 is 1.07 bits per heavy atom. The molecule has 1 saturated carbocycles. The Hall–Kier alpha value is -2.89. The summed E-state index contributed by atoms with van der Waals surface area (Å²) in [5.74, 6) is -1.37. The van der Waals surface area contributed by atoms with Crippen LogP contribution in [0.15, 0.2) is 48.5 Å². The summed E-state index contributed by atoms with van der Waals surface area (Å²) < 4.78 is 30.5. The largest absolute Gasteiger partial charge is 0.484 e. The molecule has 0 aliphatic heterocycles. The standard InChI is InChI=1S/C23H25FO5/c1-16(2)23(12-6-7-13-23)29-20-14-17(10-11-19(20)24)22(26)27-15-21(25)28-18-8-4-3-5-9-18/h3-5,8-11,14,16H,6-7,12-13,15H2,1-2H3. The summed E-state index contributed by atoms with van der Waals surface area (Å²) in [6.07, 6.45) is 3.77. The molecular formula is C23H25FO5. The van der Waals surface area contributed by atoms with E-state index in [-0.39, 0.29) is 17.2 Å². The predicted molar refractivity (Wildman–Crippen MR) is 105 cm³/mol. The van der Waals surface area contributed by atoms with Crippen LogP contribution >= 0.6 is 0 Å². The molecule has 6 heteroatoms. The highest BCUT2D eigenvalue weighted by Crippen LogP contribution is 2.40. The lowest BCUT2D eigenvalue weighted by molar-refractivity contribution is -0.137. The van der Waals surface area contributed by atoms with Crippen LogP contribution in [0.25, 0.3) is 0 Å². The lowest BCUT2D eigenvalue weighted by Gasteiger charge is -2.34. The van der Waals surface area contributed by atoms with Crippen molar-refractivity contribution in [2.45, 2.75) is 45.1 Å². The van der Waals surface area contributed by atoms with E-state index in [0.717, 1.165) is 25.7 Å². The Bertz CT molecular complexity index is 857. The molecule has 0 amide bonds. The minimum Gasteiger partial charge on any atom is -0.484 e. The van der Waals surface area contributed by atoms with E-state index in [0.29, 0.717) is 5.75 Å². The van der Waals surface area contributed by atoms with E-state index in [1.807, 2.05) is 0 Å². The van der Waals surface area contributed by atoms with Crippen molar-refractivity contribution in [3.8, 4) is 11.5 Å². The maximum atomic E-state index is 14.3. The minimum absolute atomic E-state index is 0.0295. The zero-order valence-corrected chi connectivity index (χ0v) is 16.7. The van der Waals surface area contributed by atoms with Gasteiger partial charge >= 0.3 is 11.9 Å². The predicted octanol–water partition coefficient (Wildman–Crippen LogP) is 4.94. The van der Waals surface area contributed by atoms with Gasteiger partial charge < -0.3 is 14.2 Å². The van der Waals surface area contributed by atoms with Gasteiger partial charge in [-0.05, 0) is 61.9 Å². The zero-order chi connectivity index (χ0) is 20.9. The van der Waals surface area contributed by atoms with E-state index in [1.165, 1.54) is 18.2 Å². The molecule has 1 aliphatic rings. The van der Waals surface area contributed by atoms with Crippen LogP contribution in [0.3, 0.4) is 0 Å². The fourth-order valence-electron chi connectivity index (χ4n) is 3.56. The van der Waals surface area contributed by atoms with Crippen molar-refractivity contribution in [3.63, 3.8) is 0 Å². The second-order valence-corrected chi connectivity index (χ2v) is 7.54. The van der Waals surface area contributed by atoms with E-state index < -0.39 is 30.0 Å². The van der Waals surface area contributed by atoms with Crippen LogP contribution in [0.4, 0.5) is 4.39 Å². The van der Waals surface area contributed by atoms with Crippen LogP contribution < -0.4 is 9.47 Å². The molecule has 0 spiro atoms. The Kier molecular flexibility index (Phi) is 6.52. The summed E-state index contributed by atoms with van der Waals surface area (Å²) in [6, 6.07) is 12.3. The number of halogens is 1. The fraction of sp³-hybridized carbons (Fsp3) is 0.391. The van der Waals surface area contributed by atoms with Crippen molar-refractivity contribution in [3.05, 3.63) is 59.9 Å². The quantitative estimate of drug-likeness (QED) is 0.487. The number of rotatable bonds is 7. The average Bonchev–Trinajstić information content (AvgIpc) is 3.18. The van der Waals surface area contributed by atoms with Crippen molar-refractivity contribution >= 4 is 11.9 Å². The molecule has 0 bridgehead atoms. The van der Waals surface area contributed by atoms with E-state index in [2.05, 4.69) is 13.8 Å². The lowest BCUT2D eigenvalue weighted by atomic mass is 9.88. The Morgan fingerprint density at radius 3 is 2.41 bits per heavy atom. The van der Waals surface area contributed by atoms with Gasteiger partial charge in [0, 0.05) is 0 Å². The van der Waals surface area contributed by atoms with Gasteiger partial charge in [0.25, 0.3) is 0 Å². The van der Waals surface area contributed by atoms with Crippen molar-refractivity contribution in [1.29, 1.82) is 0 Å². The minimum atomic E-state index is -0.745. The molecule has 0 saturated heterocycles. The molecule has 2 aromatic carbocycles. The third-order valence-corrected chi connectivity index (χ3v) is 5.28. The van der Waals surface area contributed by atoms with Gasteiger partial charge in [-0.1, -0.05) is 32.0 Å². The van der Waals surface area contributed by atoms with Gasteiger partial charge in [0.2, 0.25) is 0 Å².